The second-order valence-electron chi connectivity index (χ2n) is 8.97. The van der Waals surface area contributed by atoms with E-state index < -0.39 is 5.82 Å². The first-order valence-corrected chi connectivity index (χ1v) is 12.6. The standard InChI is InChI=1S/C26H30ClFN4O3/c27-21-14-18(4-5-22(21)28)31-26-25-23(29-17-30-26)15-20(34-13-10-32-8-2-1-3-9-32)16-24(25)35-19-6-11-33-12-7-19/h4-5,14-17,19H,1-3,6-13H2,(H,29,30,31). The van der Waals surface area contributed by atoms with Crippen molar-refractivity contribution in [1.29, 1.82) is 0 Å². The lowest BCUT2D eigenvalue weighted by Gasteiger charge is -2.26. The van der Waals surface area contributed by atoms with Crippen LogP contribution in [0.4, 0.5) is 15.9 Å². The van der Waals surface area contributed by atoms with Gasteiger partial charge in [-0.15, -0.1) is 0 Å². The SMILES string of the molecule is Fc1ccc(Nc2ncnc3cc(OCCN4CCCCC4)cc(OC4CCOCC4)c23)cc1Cl. The average molecular weight is 501 g/mol. The number of ether oxygens (including phenoxy) is 3. The minimum Gasteiger partial charge on any atom is -0.492 e. The van der Waals surface area contributed by atoms with Crippen molar-refractivity contribution in [2.45, 2.75) is 38.2 Å². The van der Waals surface area contributed by atoms with E-state index >= 15 is 0 Å². The van der Waals surface area contributed by atoms with Crippen LogP contribution in [0.5, 0.6) is 11.5 Å². The fourth-order valence-electron chi connectivity index (χ4n) is 4.56. The van der Waals surface area contributed by atoms with Gasteiger partial charge >= 0.3 is 0 Å². The number of anilines is 2. The third-order valence-corrected chi connectivity index (χ3v) is 6.73. The first-order valence-electron chi connectivity index (χ1n) is 12.3. The van der Waals surface area contributed by atoms with E-state index in [1.807, 2.05) is 12.1 Å². The molecule has 0 radical (unpaired) electrons. The molecular formula is C26H30ClFN4O3. The van der Waals surface area contributed by atoms with Crippen LogP contribution in [0.2, 0.25) is 5.02 Å². The van der Waals surface area contributed by atoms with Gasteiger partial charge in [-0.25, -0.2) is 14.4 Å². The number of likely N-dealkylation sites (tertiary alicyclic amines) is 1. The lowest BCUT2D eigenvalue weighted by atomic mass is 10.1. The summed E-state index contributed by atoms with van der Waals surface area (Å²) >= 11 is 5.98. The van der Waals surface area contributed by atoms with Gasteiger partial charge in [-0.05, 0) is 44.1 Å². The van der Waals surface area contributed by atoms with Crippen molar-refractivity contribution in [3.05, 3.63) is 47.5 Å². The van der Waals surface area contributed by atoms with E-state index in [9.17, 15) is 4.39 Å². The summed E-state index contributed by atoms with van der Waals surface area (Å²) in [5.41, 5.74) is 1.32. The molecule has 35 heavy (non-hydrogen) atoms. The van der Waals surface area contributed by atoms with E-state index in [4.69, 9.17) is 25.8 Å². The molecule has 0 atom stereocenters. The molecule has 0 spiro atoms. The Morgan fingerprint density at radius 3 is 2.71 bits per heavy atom. The number of nitrogens with zero attached hydrogens (tertiary/aromatic N) is 3. The summed E-state index contributed by atoms with van der Waals surface area (Å²) in [6.45, 7) is 5.11. The number of rotatable bonds is 8. The van der Waals surface area contributed by atoms with Crippen molar-refractivity contribution in [2.75, 3.05) is 44.8 Å². The third kappa shape index (κ3) is 6.12. The Hall–Kier alpha value is -2.68. The number of nitrogens with one attached hydrogen (secondary N) is 1. The molecule has 5 rings (SSSR count). The molecule has 2 aromatic carbocycles. The molecule has 0 aliphatic carbocycles. The highest BCUT2D eigenvalue weighted by molar-refractivity contribution is 6.31. The Labute approximate surface area is 209 Å². The van der Waals surface area contributed by atoms with Crippen LogP contribution in [0.1, 0.15) is 32.1 Å². The molecule has 3 aromatic rings. The molecule has 2 aliphatic heterocycles. The van der Waals surface area contributed by atoms with E-state index in [0.29, 0.717) is 48.3 Å². The van der Waals surface area contributed by atoms with E-state index in [0.717, 1.165) is 37.9 Å². The molecule has 0 bridgehead atoms. The third-order valence-electron chi connectivity index (χ3n) is 6.44. The zero-order chi connectivity index (χ0) is 24.0. The summed E-state index contributed by atoms with van der Waals surface area (Å²) in [7, 11) is 0. The van der Waals surface area contributed by atoms with Gasteiger partial charge in [0.05, 0.1) is 29.1 Å². The zero-order valence-electron chi connectivity index (χ0n) is 19.6. The minimum atomic E-state index is -0.473. The van der Waals surface area contributed by atoms with Gasteiger partial charge < -0.3 is 19.5 Å². The summed E-state index contributed by atoms with van der Waals surface area (Å²) in [5, 5.41) is 4.02. The van der Waals surface area contributed by atoms with Crippen LogP contribution >= 0.6 is 11.6 Å². The number of halogens is 2. The molecule has 186 valence electrons. The minimum absolute atomic E-state index is 0.0314. The Morgan fingerprint density at radius 2 is 1.91 bits per heavy atom. The maximum absolute atomic E-state index is 13.6. The molecule has 1 N–H and O–H groups in total. The van der Waals surface area contributed by atoms with Crippen molar-refractivity contribution in [3.8, 4) is 11.5 Å². The van der Waals surface area contributed by atoms with E-state index in [-0.39, 0.29) is 11.1 Å². The Kier molecular flexibility index (Phi) is 7.81. The van der Waals surface area contributed by atoms with Crippen LogP contribution in [-0.2, 0) is 4.74 Å². The second-order valence-corrected chi connectivity index (χ2v) is 9.38. The summed E-state index contributed by atoms with van der Waals surface area (Å²) in [4.78, 5) is 11.4. The van der Waals surface area contributed by atoms with Crippen molar-refractivity contribution in [2.24, 2.45) is 0 Å². The van der Waals surface area contributed by atoms with Crippen molar-refractivity contribution >= 4 is 34.0 Å². The predicted molar refractivity (Wildman–Crippen MR) is 134 cm³/mol. The van der Waals surface area contributed by atoms with Crippen LogP contribution in [0.25, 0.3) is 10.9 Å². The Morgan fingerprint density at radius 1 is 1.09 bits per heavy atom. The summed E-state index contributed by atoms with van der Waals surface area (Å²) in [6, 6.07) is 8.29. The number of hydrogen-bond donors (Lipinski definition) is 1. The molecule has 2 aliphatic rings. The molecule has 2 saturated heterocycles. The van der Waals surface area contributed by atoms with Gasteiger partial charge in [0.25, 0.3) is 0 Å². The molecular weight excluding hydrogens is 471 g/mol. The van der Waals surface area contributed by atoms with Gasteiger partial charge in [0.2, 0.25) is 0 Å². The first-order chi connectivity index (χ1) is 17.2. The molecule has 0 amide bonds. The molecule has 0 saturated carbocycles. The van der Waals surface area contributed by atoms with Crippen LogP contribution in [-0.4, -0.2) is 60.4 Å². The number of hydrogen-bond acceptors (Lipinski definition) is 7. The number of fused-ring (bicyclic) bond motifs is 1. The molecule has 1 aromatic heterocycles. The Bertz CT molecular complexity index is 1150. The van der Waals surface area contributed by atoms with Gasteiger partial charge in [-0.2, -0.15) is 0 Å². The van der Waals surface area contributed by atoms with Crippen LogP contribution < -0.4 is 14.8 Å². The quantitative estimate of drug-likeness (QED) is 0.432. The van der Waals surface area contributed by atoms with Crippen molar-refractivity contribution < 1.29 is 18.6 Å². The summed E-state index contributed by atoms with van der Waals surface area (Å²) in [5.74, 6) is 1.45. The lowest BCUT2D eigenvalue weighted by Crippen LogP contribution is -2.33. The number of piperidine rings is 1. The molecule has 3 heterocycles. The zero-order valence-corrected chi connectivity index (χ0v) is 20.4. The van der Waals surface area contributed by atoms with E-state index in [2.05, 4.69) is 20.2 Å². The molecule has 0 unspecified atom stereocenters. The molecule has 2 fully saturated rings. The fraction of sp³-hybridized carbons (Fsp3) is 0.462. The van der Waals surface area contributed by atoms with Crippen molar-refractivity contribution in [3.63, 3.8) is 0 Å². The van der Waals surface area contributed by atoms with Gasteiger partial charge in [-0.3, -0.25) is 4.90 Å². The topological polar surface area (TPSA) is 68.7 Å². The van der Waals surface area contributed by atoms with Crippen molar-refractivity contribution in [1.82, 2.24) is 14.9 Å². The maximum atomic E-state index is 13.6. The van der Waals surface area contributed by atoms with Crippen LogP contribution in [0, 0.1) is 5.82 Å². The van der Waals surface area contributed by atoms with Gasteiger partial charge in [0.15, 0.2) is 0 Å². The summed E-state index contributed by atoms with van der Waals surface area (Å²) < 4.78 is 31.7. The number of aromatic nitrogens is 2. The largest absolute Gasteiger partial charge is 0.492 e. The maximum Gasteiger partial charge on any atom is 0.145 e. The highest BCUT2D eigenvalue weighted by Gasteiger charge is 2.20. The smallest absolute Gasteiger partial charge is 0.145 e. The monoisotopic (exact) mass is 500 g/mol. The van der Waals surface area contributed by atoms with Crippen LogP contribution in [0.15, 0.2) is 36.7 Å². The normalized spacial score (nSPS) is 17.4. The van der Waals surface area contributed by atoms with E-state index in [1.165, 1.54) is 37.7 Å². The van der Waals surface area contributed by atoms with E-state index in [1.54, 1.807) is 6.07 Å². The highest BCUT2D eigenvalue weighted by Crippen LogP contribution is 2.37. The molecule has 9 heteroatoms. The lowest BCUT2D eigenvalue weighted by molar-refractivity contribution is 0.0261. The second kappa shape index (κ2) is 11.4. The predicted octanol–water partition coefficient (Wildman–Crippen LogP) is 5.59. The highest BCUT2D eigenvalue weighted by atomic mass is 35.5. The Balaban J connectivity index is 1.42. The van der Waals surface area contributed by atoms with Gasteiger partial charge in [-0.1, -0.05) is 18.0 Å². The molecule has 7 nitrogen and oxygen atoms in total. The van der Waals surface area contributed by atoms with Crippen LogP contribution in [0.3, 0.4) is 0 Å². The van der Waals surface area contributed by atoms with Gasteiger partial charge in [0.1, 0.15) is 42.2 Å². The fourth-order valence-corrected chi connectivity index (χ4v) is 4.74. The number of benzene rings is 2. The summed E-state index contributed by atoms with van der Waals surface area (Å²) in [6.07, 6.45) is 6.97. The average Bonchev–Trinajstić information content (AvgIpc) is 2.87. The first kappa shape index (κ1) is 24.0. The van der Waals surface area contributed by atoms with Gasteiger partial charge in [0, 0.05) is 37.2 Å².